The molecule has 1 saturated heterocycles. The molecule has 3 aromatic carbocycles. The summed E-state index contributed by atoms with van der Waals surface area (Å²) >= 11 is 0. The highest BCUT2D eigenvalue weighted by atomic mass is 16.5. The minimum absolute atomic E-state index is 0.0383. The molecule has 1 aliphatic rings. The van der Waals surface area contributed by atoms with E-state index in [1.165, 1.54) is 0 Å². The number of anilines is 2. The fourth-order valence-corrected chi connectivity index (χ4v) is 4.12. The molecule has 1 atom stereocenters. The summed E-state index contributed by atoms with van der Waals surface area (Å²) < 4.78 is 5.52. The Labute approximate surface area is 217 Å². The van der Waals surface area contributed by atoms with Crippen LogP contribution >= 0.6 is 0 Å². The molecule has 0 aliphatic carbocycles. The number of hydrogen-bond donors (Lipinski definition) is 3. The van der Waals surface area contributed by atoms with Crippen LogP contribution in [0.5, 0.6) is 0 Å². The standard InChI is InChI=1S/C29H32N4O4/c1-33(20-21-7-3-2-4-8-21)29(36)23-9-5-10-25(17-23)32-27(34)19-30-24-14-12-22(13-15-24)28(35)31-18-26-11-6-16-37-26/h2-5,7-10,12-15,17,26,30H,6,11,16,18-20H2,1H3,(H,31,35)(H,32,34). The molecule has 3 amide bonds. The smallest absolute Gasteiger partial charge is 0.253 e. The zero-order valence-corrected chi connectivity index (χ0v) is 20.9. The number of carbonyl (C=O) groups excluding carboxylic acids is 3. The SMILES string of the molecule is CN(Cc1ccccc1)C(=O)c1cccc(NC(=O)CNc2ccc(C(=O)NCC3CCCO3)cc2)c1. The molecule has 3 N–H and O–H groups in total. The lowest BCUT2D eigenvalue weighted by molar-refractivity contribution is -0.114. The van der Waals surface area contributed by atoms with E-state index in [0.717, 1.165) is 30.7 Å². The van der Waals surface area contributed by atoms with E-state index in [-0.39, 0.29) is 30.4 Å². The van der Waals surface area contributed by atoms with Gasteiger partial charge >= 0.3 is 0 Å². The van der Waals surface area contributed by atoms with Crippen LogP contribution in [0.3, 0.4) is 0 Å². The average molecular weight is 501 g/mol. The van der Waals surface area contributed by atoms with Gasteiger partial charge < -0.3 is 25.6 Å². The van der Waals surface area contributed by atoms with Crippen LogP contribution in [0.15, 0.2) is 78.9 Å². The maximum absolute atomic E-state index is 12.8. The fraction of sp³-hybridized carbons (Fsp3) is 0.276. The quantitative estimate of drug-likeness (QED) is 0.392. The van der Waals surface area contributed by atoms with Gasteiger partial charge in [0.25, 0.3) is 11.8 Å². The molecule has 0 saturated carbocycles. The molecule has 3 aromatic rings. The lowest BCUT2D eigenvalue weighted by Crippen LogP contribution is -2.31. The topological polar surface area (TPSA) is 99.8 Å². The molecule has 37 heavy (non-hydrogen) atoms. The zero-order valence-electron chi connectivity index (χ0n) is 20.9. The van der Waals surface area contributed by atoms with Crippen molar-refractivity contribution in [1.29, 1.82) is 0 Å². The molecule has 192 valence electrons. The van der Waals surface area contributed by atoms with Crippen molar-refractivity contribution in [3.63, 3.8) is 0 Å². The summed E-state index contributed by atoms with van der Waals surface area (Å²) in [6.45, 7) is 1.80. The first-order valence-corrected chi connectivity index (χ1v) is 12.4. The van der Waals surface area contributed by atoms with E-state index in [1.54, 1.807) is 60.5 Å². The van der Waals surface area contributed by atoms with Crippen molar-refractivity contribution in [2.24, 2.45) is 0 Å². The maximum atomic E-state index is 12.8. The predicted octanol–water partition coefficient (Wildman–Crippen LogP) is 3.92. The van der Waals surface area contributed by atoms with Crippen molar-refractivity contribution in [3.05, 3.63) is 95.6 Å². The largest absolute Gasteiger partial charge is 0.376 e. The van der Waals surface area contributed by atoms with Gasteiger partial charge in [0.2, 0.25) is 5.91 Å². The third-order valence-corrected chi connectivity index (χ3v) is 6.12. The van der Waals surface area contributed by atoms with Gasteiger partial charge in [0.1, 0.15) is 0 Å². The molecule has 1 fully saturated rings. The van der Waals surface area contributed by atoms with E-state index in [4.69, 9.17) is 4.74 Å². The molecule has 0 aromatic heterocycles. The molecule has 8 heteroatoms. The van der Waals surface area contributed by atoms with Gasteiger partial charge in [-0.1, -0.05) is 36.4 Å². The van der Waals surface area contributed by atoms with Crippen molar-refractivity contribution in [3.8, 4) is 0 Å². The molecule has 8 nitrogen and oxygen atoms in total. The van der Waals surface area contributed by atoms with Gasteiger partial charge in [-0.2, -0.15) is 0 Å². The normalized spacial score (nSPS) is 14.6. The Morgan fingerprint density at radius 3 is 2.43 bits per heavy atom. The number of nitrogens with zero attached hydrogens (tertiary/aromatic N) is 1. The maximum Gasteiger partial charge on any atom is 0.253 e. The van der Waals surface area contributed by atoms with Crippen LogP contribution in [0, 0.1) is 0 Å². The Morgan fingerprint density at radius 1 is 0.919 bits per heavy atom. The second-order valence-corrected chi connectivity index (χ2v) is 9.05. The molecular formula is C29H32N4O4. The van der Waals surface area contributed by atoms with Gasteiger partial charge in [-0.3, -0.25) is 14.4 Å². The number of rotatable bonds is 10. The Morgan fingerprint density at radius 2 is 1.70 bits per heavy atom. The van der Waals surface area contributed by atoms with Gasteiger partial charge in [-0.25, -0.2) is 0 Å². The van der Waals surface area contributed by atoms with E-state index in [0.29, 0.717) is 29.9 Å². The minimum atomic E-state index is -0.249. The Hall–Kier alpha value is -4.17. The van der Waals surface area contributed by atoms with Crippen LogP contribution in [-0.4, -0.2) is 55.5 Å². The number of benzene rings is 3. The average Bonchev–Trinajstić information content (AvgIpc) is 3.45. The van der Waals surface area contributed by atoms with Gasteiger partial charge in [0.15, 0.2) is 0 Å². The molecule has 0 bridgehead atoms. The highest BCUT2D eigenvalue weighted by Gasteiger charge is 2.17. The molecule has 1 aliphatic heterocycles. The molecule has 0 spiro atoms. The second-order valence-electron chi connectivity index (χ2n) is 9.05. The van der Waals surface area contributed by atoms with Crippen LogP contribution < -0.4 is 16.0 Å². The number of hydrogen-bond acceptors (Lipinski definition) is 5. The van der Waals surface area contributed by atoms with E-state index in [9.17, 15) is 14.4 Å². The van der Waals surface area contributed by atoms with Crippen molar-refractivity contribution in [2.75, 3.05) is 37.4 Å². The number of amides is 3. The van der Waals surface area contributed by atoms with Gasteiger partial charge in [-0.15, -0.1) is 0 Å². The van der Waals surface area contributed by atoms with Gasteiger partial charge in [0.05, 0.1) is 12.6 Å². The third kappa shape index (κ3) is 7.65. The number of nitrogens with one attached hydrogen (secondary N) is 3. The van der Waals surface area contributed by atoms with Crippen molar-refractivity contribution < 1.29 is 19.1 Å². The molecular weight excluding hydrogens is 468 g/mol. The highest BCUT2D eigenvalue weighted by Crippen LogP contribution is 2.15. The van der Waals surface area contributed by atoms with Crippen LogP contribution in [0.25, 0.3) is 0 Å². The van der Waals surface area contributed by atoms with Crippen molar-refractivity contribution in [2.45, 2.75) is 25.5 Å². The first-order chi connectivity index (χ1) is 18.0. The summed E-state index contributed by atoms with van der Waals surface area (Å²) in [6, 6.07) is 23.6. The first kappa shape index (κ1) is 25.9. The lowest BCUT2D eigenvalue weighted by atomic mass is 10.1. The van der Waals surface area contributed by atoms with Crippen molar-refractivity contribution >= 4 is 29.1 Å². The zero-order chi connectivity index (χ0) is 26.0. The second kappa shape index (κ2) is 12.7. The van der Waals surface area contributed by atoms with Crippen molar-refractivity contribution in [1.82, 2.24) is 10.2 Å². The van der Waals surface area contributed by atoms with E-state index >= 15 is 0 Å². The summed E-state index contributed by atoms with van der Waals surface area (Å²) in [6.07, 6.45) is 2.10. The van der Waals surface area contributed by atoms with Crippen LogP contribution in [0.1, 0.15) is 39.1 Å². The fourth-order valence-electron chi connectivity index (χ4n) is 4.12. The summed E-state index contributed by atoms with van der Waals surface area (Å²) in [5.74, 6) is -0.526. The third-order valence-electron chi connectivity index (χ3n) is 6.12. The predicted molar refractivity (Wildman–Crippen MR) is 144 cm³/mol. The lowest BCUT2D eigenvalue weighted by Gasteiger charge is -2.18. The minimum Gasteiger partial charge on any atom is -0.376 e. The number of carbonyl (C=O) groups is 3. The van der Waals surface area contributed by atoms with Gasteiger partial charge in [0, 0.05) is 49.2 Å². The summed E-state index contributed by atoms with van der Waals surface area (Å²) in [4.78, 5) is 39.3. The van der Waals surface area contributed by atoms with Crippen LogP contribution in [0.4, 0.5) is 11.4 Å². The highest BCUT2D eigenvalue weighted by molar-refractivity contribution is 5.98. The Balaban J connectivity index is 1.24. The Bertz CT molecular complexity index is 1210. The van der Waals surface area contributed by atoms with E-state index in [1.807, 2.05) is 30.3 Å². The molecule has 0 radical (unpaired) electrons. The monoisotopic (exact) mass is 500 g/mol. The van der Waals surface area contributed by atoms with E-state index < -0.39 is 0 Å². The molecule has 1 unspecified atom stereocenters. The first-order valence-electron chi connectivity index (χ1n) is 12.4. The molecule has 4 rings (SSSR count). The van der Waals surface area contributed by atoms with E-state index in [2.05, 4.69) is 16.0 Å². The number of ether oxygens (including phenoxy) is 1. The molecule has 1 heterocycles. The summed E-state index contributed by atoms with van der Waals surface area (Å²) in [7, 11) is 1.75. The summed E-state index contributed by atoms with van der Waals surface area (Å²) in [5.41, 5.74) is 3.35. The summed E-state index contributed by atoms with van der Waals surface area (Å²) in [5, 5.41) is 8.77. The van der Waals surface area contributed by atoms with Crippen LogP contribution in [-0.2, 0) is 16.1 Å². The van der Waals surface area contributed by atoms with Crippen LogP contribution in [0.2, 0.25) is 0 Å². The Kier molecular flexibility index (Phi) is 8.89. The van der Waals surface area contributed by atoms with Gasteiger partial charge in [-0.05, 0) is 60.9 Å².